The fourth-order valence-corrected chi connectivity index (χ4v) is 8.36. The van der Waals surface area contributed by atoms with Crippen LogP contribution in [0.2, 0.25) is 0 Å². The van der Waals surface area contributed by atoms with E-state index in [1.54, 1.807) is 12.2 Å². The average molecular weight is 473 g/mol. The Bertz CT molecular complexity index is 922. The molecule has 1 N–H and O–H groups in total. The molecule has 1 aliphatic heterocycles. The molecule has 5 aliphatic rings. The molecular weight excluding hydrogens is 432 g/mol. The van der Waals surface area contributed by atoms with Crippen molar-refractivity contribution in [2.45, 2.75) is 103 Å². The van der Waals surface area contributed by atoms with Gasteiger partial charge in [-0.3, -0.25) is 9.59 Å². The highest BCUT2D eigenvalue weighted by Gasteiger charge is 2.75. The summed E-state index contributed by atoms with van der Waals surface area (Å²) in [6.45, 7) is 10.3. The number of carbonyl (C=O) groups excluding carboxylic acids is 2. The molecule has 0 amide bonds. The van der Waals surface area contributed by atoms with Crippen molar-refractivity contribution in [1.29, 1.82) is 0 Å². The molecule has 34 heavy (non-hydrogen) atoms. The first-order valence-corrected chi connectivity index (χ1v) is 13.2. The van der Waals surface area contributed by atoms with Crippen LogP contribution in [0.15, 0.2) is 23.8 Å². The van der Waals surface area contributed by atoms with E-state index in [0.717, 1.165) is 37.7 Å². The van der Waals surface area contributed by atoms with Gasteiger partial charge in [0, 0.05) is 16.7 Å². The van der Waals surface area contributed by atoms with Crippen LogP contribution in [0.1, 0.15) is 73.1 Å². The summed E-state index contributed by atoms with van der Waals surface area (Å²) in [7, 11) is 0. The zero-order valence-corrected chi connectivity index (χ0v) is 21.2. The maximum atomic E-state index is 13.9. The Morgan fingerprint density at radius 2 is 2.09 bits per heavy atom. The summed E-state index contributed by atoms with van der Waals surface area (Å²) in [5, 5.41) is 11.7. The Kier molecular flexibility index (Phi) is 5.99. The molecule has 0 spiro atoms. The van der Waals surface area contributed by atoms with Gasteiger partial charge in [0.05, 0.1) is 18.3 Å². The molecule has 0 radical (unpaired) electrons. The minimum absolute atomic E-state index is 0.00166. The molecule has 1 saturated heterocycles. The van der Waals surface area contributed by atoms with Crippen molar-refractivity contribution in [3.05, 3.63) is 23.8 Å². The molecule has 5 rings (SSSR count). The van der Waals surface area contributed by atoms with Crippen LogP contribution in [0.5, 0.6) is 0 Å². The van der Waals surface area contributed by atoms with Gasteiger partial charge >= 0.3 is 0 Å². The maximum Gasteiger partial charge on any atom is 0.193 e. The zero-order valence-electron chi connectivity index (χ0n) is 21.2. The Labute approximate surface area is 203 Å². The largest absolute Gasteiger partial charge is 0.393 e. The van der Waals surface area contributed by atoms with Crippen LogP contribution in [-0.2, 0) is 23.8 Å². The molecule has 4 aliphatic carbocycles. The second kappa shape index (κ2) is 8.36. The Morgan fingerprint density at radius 3 is 2.79 bits per heavy atom. The van der Waals surface area contributed by atoms with E-state index in [-0.39, 0.29) is 53.6 Å². The molecule has 0 aromatic heterocycles. The number of ketones is 2. The predicted molar refractivity (Wildman–Crippen MR) is 127 cm³/mol. The summed E-state index contributed by atoms with van der Waals surface area (Å²) in [5.74, 6) is 0.424. The van der Waals surface area contributed by atoms with Crippen molar-refractivity contribution in [2.75, 3.05) is 6.61 Å². The maximum absolute atomic E-state index is 13.9. The van der Waals surface area contributed by atoms with E-state index < -0.39 is 23.4 Å². The molecule has 188 valence electrons. The second-order valence-corrected chi connectivity index (χ2v) is 11.9. The number of carbonyl (C=O) groups is 2. The van der Waals surface area contributed by atoms with Crippen molar-refractivity contribution >= 4 is 11.6 Å². The second-order valence-electron chi connectivity index (χ2n) is 11.9. The van der Waals surface area contributed by atoms with Crippen molar-refractivity contribution < 1.29 is 28.9 Å². The van der Waals surface area contributed by atoms with Gasteiger partial charge in [-0.25, -0.2) is 0 Å². The molecule has 6 heteroatoms. The number of ether oxygens (including phenoxy) is 3. The van der Waals surface area contributed by atoms with Gasteiger partial charge in [-0.05, 0) is 69.9 Å². The van der Waals surface area contributed by atoms with Gasteiger partial charge < -0.3 is 19.3 Å². The molecule has 0 aromatic rings. The molecule has 9 unspecified atom stereocenters. The Balaban J connectivity index is 1.53. The molecule has 0 aromatic carbocycles. The smallest absolute Gasteiger partial charge is 0.193 e. The average Bonchev–Trinajstić information content (AvgIpc) is 3.25. The van der Waals surface area contributed by atoms with E-state index in [2.05, 4.69) is 20.8 Å². The SMILES string of the molecule is CCCC1OC2CC3C4CCC5=CC(=O)C=CC5(C)C4C(O)CC3(C)C2(C(=O)COC(C)C)O1. The normalized spacial score (nSPS) is 47.1. The van der Waals surface area contributed by atoms with Crippen LogP contribution in [0.4, 0.5) is 0 Å². The lowest BCUT2D eigenvalue weighted by Crippen LogP contribution is -2.63. The first kappa shape index (κ1) is 24.4. The summed E-state index contributed by atoms with van der Waals surface area (Å²) < 4.78 is 18.8. The van der Waals surface area contributed by atoms with E-state index in [1.807, 2.05) is 19.9 Å². The lowest BCUT2D eigenvalue weighted by Gasteiger charge is -2.59. The number of aliphatic hydroxyl groups is 1. The number of aliphatic hydroxyl groups excluding tert-OH is 1. The summed E-state index contributed by atoms with van der Waals surface area (Å²) in [4.78, 5) is 26.0. The van der Waals surface area contributed by atoms with Crippen LogP contribution in [0.25, 0.3) is 0 Å². The molecule has 3 saturated carbocycles. The minimum Gasteiger partial charge on any atom is -0.393 e. The monoisotopic (exact) mass is 472 g/mol. The van der Waals surface area contributed by atoms with Gasteiger partial charge in [-0.2, -0.15) is 0 Å². The third kappa shape index (κ3) is 3.28. The fraction of sp³-hybridized carbons (Fsp3) is 0.786. The molecule has 4 fully saturated rings. The highest BCUT2D eigenvalue weighted by molar-refractivity contribution is 6.01. The van der Waals surface area contributed by atoms with Crippen molar-refractivity contribution in [2.24, 2.45) is 28.6 Å². The van der Waals surface area contributed by atoms with Crippen molar-refractivity contribution in [3.8, 4) is 0 Å². The Hall–Kier alpha value is -1.34. The van der Waals surface area contributed by atoms with Gasteiger partial charge in [0.1, 0.15) is 6.61 Å². The number of hydrogen-bond donors (Lipinski definition) is 1. The molecular formula is C28H40O6. The number of fused-ring (bicyclic) bond motifs is 7. The first-order valence-electron chi connectivity index (χ1n) is 13.2. The van der Waals surface area contributed by atoms with E-state index in [9.17, 15) is 14.7 Å². The van der Waals surface area contributed by atoms with Crippen LogP contribution >= 0.6 is 0 Å². The van der Waals surface area contributed by atoms with Crippen molar-refractivity contribution in [3.63, 3.8) is 0 Å². The Morgan fingerprint density at radius 1 is 1.32 bits per heavy atom. The van der Waals surface area contributed by atoms with E-state index >= 15 is 0 Å². The molecule has 6 nitrogen and oxygen atoms in total. The van der Waals surface area contributed by atoms with Gasteiger partial charge in [-0.15, -0.1) is 0 Å². The standard InChI is InChI=1S/C28H40O6/c1-6-7-24-33-23-13-20-19-9-8-17-12-18(29)10-11-26(17,4)25(19)21(30)14-27(20,5)28(23,34-24)22(31)15-32-16(2)3/h10-12,16,19-21,23-25,30H,6-9,13-15H2,1-5H3. The number of rotatable bonds is 6. The van der Waals surface area contributed by atoms with E-state index in [0.29, 0.717) is 6.42 Å². The van der Waals surface area contributed by atoms with Gasteiger partial charge in [0.25, 0.3) is 0 Å². The highest BCUT2D eigenvalue weighted by atomic mass is 16.7. The van der Waals surface area contributed by atoms with E-state index in [4.69, 9.17) is 14.2 Å². The summed E-state index contributed by atoms with van der Waals surface area (Å²) in [6, 6.07) is 0. The minimum atomic E-state index is -1.09. The quantitative estimate of drug-likeness (QED) is 0.625. The number of Topliss-reactive ketones (excluding diaryl/α,β-unsaturated/α-hetero) is 1. The fourth-order valence-electron chi connectivity index (χ4n) is 8.36. The van der Waals surface area contributed by atoms with Crippen LogP contribution in [0, 0.1) is 28.6 Å². The van der Waals surface area contributed by atoms with E-state index in [1.165, 1.54) is 0 Å². The molecule has 9 atom stereocenters. The summed E-state index contributed by atoms with van der Waals surface area (Å²) in [5.41, 5.74) is -0.828. The first-order chi connectivity index (χ1) is 16.1. The summed E-state index contributed by atoms with van der Waals surface area (Å²) >= 11 is 0. The summed E-state index contributed by atoms with van der Waals surface area (Å²) in [6.07, 6.45) is 8.74. The van der Waals surface area contributed by atoms with Crippen LogP contribution in [0.3, 0.4) is 0 Å². The van der Waals surface area contributed by atoms with Gasteiger partial charge in [-0.1, -0.05) is 38.8 Å². The lowest BCUT2D eigenvalue weighted by molar-refractivity contribution is -0.201. The predicted octanol–water partition coefficient (Wildman–Crippen LogP) is 4.15. The van der Waals surface area contributed by atoms with Gasteiger partial charge in [0.15, 0.2) is 23.5 Å². The zero-order chi connectivity index (χ0) is 24.5. The van der Waals surface area contributed by atoms with Crippen LogP contribution in [-0.4, -0.2) is 53.5 Å². The third-order valence-corrected chi connectivity index (χ3v) is 9.78. The number of hydrogen-bond acceptors (Lipinski definition) is 6. The van der Waals surface area contributed by atoms with Gasteiger partial charge in [0.2, 0.25) is 0 Å². The van der Waals surface area contributed by atoms with Crippen molar-refractivity contribution in [1.82, 2.24) is 0 Å². The molecule has 0 bridgehead atoms. The van der Waals surface area contributed by atoms with Crippen LogP contribution < -0.4 is 0 Å². The topological polar surface area (TPSA) is 82.1 Å². The lowest BCUT2D eigenvalue weighted by atomic mass is 9.46. The third-order valence-electron chi connectivity index (χ3n) is 9.78. The number of allylic oxidation sites excluding steroid dienone is 4. The molecule has 1 heterocycles. The highest BCUT2D eigenvalue weighted by Crippen LogP contribution is 2.69.